The van der Waals surface area contributed by atoms with Crippen LogP contribution < -0.4 is 5.32 Å². The Morgan fingerprint density at radius 1 is 1.43 bits per heavy atom. The SMILES string of the molecule is Cc1cc([C@@H]2C[C@]3(C[C@H](C)N2)OCCc2cc(Cl)sc23)nn1C. The maximum absolute atomic E-state index is 6.38. The molecule has 0 unspecified atom stereocenters. The minimum atomic E-state index is -0.216. The second kappa shape index (κ2) is 5.59. The molecule has 1 N–H and O–H groups in total. The molecule has 6 heteroatoms. The smallest absolute Gasteiger partial charge is 0.106 e. The second-order valence-corrected chi connectivity index (χ2v) is 8.54. The molecule has 0 amide bonds. The molecule has 0 aliphatic carbocycles. The lowest BCUT2D eigenvalue weighted by Crippen LogP contribution is -2.49. The molecule has 124 valence electrons. The third kappa shape index (κ3) is 2.64. The highest BCUT2D eigenvalue weighted by atomic mass is 35.5. The molecule has 0 radical (unpaired) electrons. The average molecular weight is 352 g/mol. The highest BCUT2D eigenvalue weighted by Gasteiger charge is 2.46. The first-order valence-corrected chi connectivity index (χ1v) is 9.35. The fraction of sp³-hybridized carbons (Fsp3) is 0.588. The zero-order chi connectivity index (χ0) is 16.2. The van der Waals surface area contributed by atoms with Crippen LogP contribution in [0.5, 0.6) is 0 Å². The highest BCUT2D eigenvalue weighted by Crippen LogP contribution is 2.49. The van der Waals surface area contributed by atoms with E-state index in [0.29, 0.717) is 6.04 Å². The Morgan fingerprint density at radius 2 is 2.26 bits per heavy atom. The number of fused-ring (bicyclic) bond motifs is 2. The van der Waals surface area contributed by atoms with Gasteiger partial charge in [-0.05, 0) is 44.4 Å². The summed E-state index contributed by atoms with van der Waals surface area (Å²) in [7, 11) is 2.00. The molecule has 0 saturated carbocycles. The number of nitrogens with one attached hydrogen (secondary N) is 1. The van der Waals surface area contributed by atoms with E-state index in [0.717, 1.165) is 35.9 Å². The first kappa shape index (κ1) is 15.6. The van der Waals surface area contributed by atoms with Gasteiger partial charge in [0, 0.05) is 30.1 Å². The van der Waals surface area contributed by atoms with Gasteiger partial charge in [-0.15, -0.1) is 11.3 Å². The van der Waals surface area contributed by atoms with Gasteiger partial charge in [-0.2, -0.15) is 5.10 Å². The number of nitrogens with zero attached hydrogens (tertiary/aromatic N) is 2. The second-order valence-electron chi connectivity index (χ2n) is 6.86. The summed E-state index contributed by atoms with van der Waals surface area (Å²) in [4.78, 5) is 1.33. The molecule has 1 fully saturated rings. The fourth-order valence-corrected chi connectivity index (χ4v) is 5.47. The number of hydrogen-bond acceptors (Lipinski definition) is 4. The van der Waals surface area contributed by atoms with Crippen LogP contribution in [-0.4, -0.2) is 22.4 Å². The maximum atomic E-state index is 6.38. The summed E-state index contributed by atoms with van der Waals surface area (Å²) in [5.41, 5.74) is 3.44. The quantitative estimate of drug-likeness (QED) is 0.851. The lowest BCUT2D eigenvalue weighted by Gasteiger charge is -2.45. The Balaban J connectivity index is 1.72. The van der Waals surface area contributed by atoms with Crippen molar-refractivity contribution in [1.82, 2.24) is 15.1 Å². The summed E-state index contributed by atoms with van der Waals surface area (Å²) < 4.78 is 9.20. The third-order valence-electron chi connectivity index (χ3n) is 5.09. The number of hydrogen-bond donors (Lipinski definition) is 1. The van der Waals surface area contributed by atoms with Crippen LogP contribution in [-0.2, 0) is 23.8 Å². The van der Waals surface area contributed by atoms with E-state index < -0.39 is 0 Å². The Hall–Kier alpha value is -0.880. The largest absolute Gasteiger partial charge is 0.369 e. The van der Waals surface area contributed by atoms with Crippen LogP contribution in [0.25, 0.3) is 0 Å². The minimum Gasteiger partial charge on any atom is -0.369 e. The van der Waals surface area contributed by atoms with E-state index in [1.54, 1.807) is 11.3 Å². The van der Waals surface area contributed by atoms with E-state index in [4.69, 9.17) is 16.3 Å². The lowest BCUT2D eigenvalue weighted by molar-refractivity contribution is -0.0958. The number of rotatable bonds is 1. The lowest BCUT2D eigenvalue weighted by atomic mass is 9.79. The number of ether oxygens (including phenoxy) is 1. The Labute approximate surface area is 145 Å². The van der Waals surface area contributed by atoms with E-state index in [-0.39, 0.29) is 11.6 Å². The van der Waals surface area contributed by atoms with Crippen molar-refractivity contribution >= 4 is 22.9 Å². The van der Waals surface area contributed by atoms with Crippen molar-refractivity contribution in [2.45, 2.75) is 50.8 Å². The van der Waals surface area contributed by atoms with Gasteiger partial charge in [-0.25, -0.2) is 0 Å². The molecular weight excluding hydrogens is 330 g/mol. The van der Waals surface area contributed by atoms with E-state index in [9.17, 15) is 0 Å². The summed E-state index contributed by atoms with van der Waals surface area (Å²) in [5, 5.41) is 8.38. The van der Waals surface area contributed by atoms with Crippen LogP contribution in [0.2, 0.25) is 4.34 Å². The van der Waals surface area contributed by atoms with Crippen molar-refractivity contribution in [3.63, 3.8) is 0 Å². The minimum absolute atomic E-state index is 0.213. The van der Waals surface area contributed by atoms with Crippen molar-refractivity contribution in [1.29, 1.82) is 0 Å². The molecule has 4 rings (SSSR count). The molecule has 0 bridgehead atoms. The van der Waals surface area contributed by atoms with Crippen LogP contribution in [0.15, 0.2) is 12.1 Å². The molecule has 2 aliphatic rings. The van der Waals surface area contributed by atoms with Gasteiger partial charge in [0.25, 0.3) is 0 Å². The molecule has 4 nitrogen and oxygen atoms in total. The van der Waals surface area contributed by atoms with Crippen LogP contribution in [0.1, 0.15) is 47.6 Å². The highest BCUT2D eigenvalue weighted by molar-refractivity contribution is 7.16. The van der Waals surface area contributed by atoms with Crippen LogP contribution in [0, 0.1) is 6.92 Å². The van der Waals surface area contributed by atoms with E-state index in [1.165, 1.54) is 16.1 Å². The van der Waals surface area contributed by atoms with Gasteiger partial charge in [0.15, 0.2) is 0 Å². The van der Waals surface area contributed by atoms with Gasteiger partial charge in [-0.1, -0.05) is 11.6 Å². The van der Waals surface area contributed by atoms with Crippen molar-refractivity contribution in [3.8, 4) is 0 Å². The Kier molecular flexibility index (Phi) is 3.80. The number of thiophene rings is 1. The molecule has 1 spiro atoms. The van der Waals surface area contributed by atoms with Crippen molar-refractivity contribution < 1.29 is 4.74 Å². The van der Waals surface area contributed by atoms with Crippen LogP contribution in [0.3, 0.4) is 0 Å². The molecule has 23 heavy (non-hydrogen) atoms. The zero-order valence-electron chi connectivity index (χ0n) is 13.7. The standard InChI is InChI=1S/C17H22ClN3OS/c1-10-8-17(16-12(4-5-22-17)7-15(18)23-16)9-14(19-10)13-6-11(2)21(3)20-13/h6-7,10,14,19H,4-5,8-9H2,1-3H3/t10-,14-,17-/m0/s1. The Morgan fingerprint density at radius 3 is 3.00 bits per heavy atom. The topological polar surface area (TPSA) is 39.1 Å². The Bertz CT molecular complexity index is 721. The molecule has 4 heterocycles. The molecular formula is C17H22ClN3OS. The number of aromatic nitrogens is 2. The summed E-state index contributed by atoms with van der Waals surface area (Å²) in [6, 6.07) is 4.89. The maximum Gasteiger partial charge on any atom is 0.106 e. The molecule has 0 aromatic carbocycles. The van der Waals surface area contributed by atoms with Gasteiger partial charge in [0.2, 0.25) is 0 Å². The molecule has 2 aromatic rings. The van der Waals surface area contributed by atoms with E-state index in [1.807, 2.05) is 11.7 Å². The van der Waals surface area contributed by atoms with Gasteiger partial charge in [-0.3, -0.25) is 4.68 Å². The number of piperidine rings is 1. The summed E-state index contributed by atoms with van der Waals surface area (Å²) in [6.07, 6.45) is 2.87. The van der Waals surface area contributed by atoms with Crippen LogP contribution in [0.4, 0.5) is 0 Å². The summed E-state index contributed by atoms with van der Waals surface area (Å²) >= 11 is 7.99. The molecule has 3 atom stereocenters. The zero-order valence-corrected chi connectivity index (χ0v) is 15.3. The average Bonchev–Trinajstić information content (AvgIpc) is 3.02. The van der Waals surface area contributed by atoms with Gasteiger partial charge in [0.1, 0.15) is 5.60 Å². The molecule has 2 aromatic heterocycles. The fourth-order valence-electron chi connectivity index (χ4n) is 4.01. The van der Waals surface area contributed by atoms with Crippen LogP contribution >= 0.6 is 22.9 Å². The molecule has 1 saturated heterocycles. The van der Waals surface area contributed by atoms with Gasteiger partial charge in [0.05, 0.1) is 22.7 Å². The number of halogens is 1. The van der Waals surface area contributed by atoms with Crippen molar-refractivity contribution in [3.05, 3.63) is 38.3 Å². The first-order chi connectivity index (χ1) is 11.0. The third-order valence-corrected chi connectivity index (χ3v) is 6.58. The normalized spacial score (nSPS) is 30.6. The predicted octanol–water partition coefficient (Wildman–Crippen LogP) is 3.72. The molecule has 2 aliphatic heterocycles. The predicted molar refractivity (Wildman–Crippen MR) is 93.2 cm³/mol. The van der Waals surface area contributed by atoms with E-state index in [2.05, 4.69) is 36.4 Å². The summed E-state index contributed by atoms with van der Waals surface area (Å²) in [5.74, 6) is 0. The number of aryl methyl sites for hydroxylation is 2. The first-order valence-electron chi connectivity index (χ1n) is 8.16. The van der Waals surface area contributed by atoms with E-state index >= 15 is 0 Å². The monoisotopic (exact) mass is 351 g/mol. The summed E-state index contributed by atoms with van der Waals surface area (Å²) in [6.45, 7) is 5.10. The van der Waals surface area contributed by atoms with Gasteiger partial charge >= 0.3 is 0 Å². The van der Waals surface area contributed by atoms with Crippen molar-refractivity contribution in [2.24, 2.45) is 7.05 Å². The van der Waals surface area contributed by atoms with Gasteiger partial charge < -0.3 is 10.1 Å². The van der Waals surface area contributed by atoms with Crippen molar-refractivity contribution in [2.75, 3.05) is 6.61 Å².